The average molecular weight is 260 g/mol. The van der Waals surface area contributed by atoms with Gasteiger partial charge in [0.1, 0.15) is 5.56 Å². The highest BCUT2D eigenvalue weighted by atomic mass is 16.4. The zero-order valence-corrected chi connectivity index (χ0v) is 10.9. The minimum Gasteiger partial charge on any atom is -0.477 e. The third-order valence-corrected chi connectivity index (χ3v) is 3.05. The second kappa shape index (κ2) is 5.14. The van der Waals surface area contributed by atoms with Crippen molar-refractivity contribution < 1.29 is 9.90 Å². The van der Waals surface area contributed by atoms with Crippen LogP contribution in [0.25, 0.3) is 10.9 Å². The molecule has 0 saturated heterocycles. The van der Waals surface area contributed by atoms with Crippen molar-refractivity contribution in [2.75, 3.05) is 11.9 Å². The molecule has 2 rings (SSSR count). The molecule has 1 aromatic heterocycles. The van der Waals surface area contributed by atoms with E-state index in [9.17, 15) is 9.59 Å². The molecule has 0 saturated carbocycles. The first-order chi connectivity index (χ1) is 9.10. The number of benzene rings is 1. The molecule has 0 aliphatic heterocycles. The summed E-state index contributed by atoms with van der Waals surface area (Å²) in [5.74, 6) is -1.19. The SMILES string of the molecule is CCNc1cccc2c1c(=O)c(C(=O)O)cn2CC. The topological polar surface area (TPSA) is 71.3 Å². The van der Waals surface area contributed by atoms with Gasteiger partial charge in [0.15, 0.2) is 0 Å². The van der Waals surface area contributed by atoms with E-state index in [4.69, 9.17) is 5.11 Å². The van der Waals surface area contributed by atoms with Crippen LogP contribution in [0.1, 0.15) is 24.2 Å². The highest BCUT2D eigenvalue weighted by Gasteiger charge is 2.16. The molecular formula is C14H16N2O3. The number of aromatic carboxylic acids is 1. The van der Waals surface area contributed by atoms with Gasteiger partial charge in [0.05, 0.1) is 10.9 Å². The lowest BCUT2D eigenvalue weighted by Gasteiger charge is -2.13. The van der Waals surface area contributed by atoms with E-state index in [0.717, 1.165) is 5.52 Å². The molecule has 1 heterocycles. The van der Waals surface area contributed by atoms with Gasteiger partial charge in [-0.3, -0.25) is 4.79 Å². The fourth-order valence-corrected chi connectivity index (χ4v) is 2.19. The van der Waals surface area contributed by atoms with Gasteiger partial charge in [0.2, 0.25) is 5.43 Å². The van der Waals surface area contributed by atoms with Gasteiger partial charge < -0.3 is 15.0 Å². The van der Waals surface area contributed by atoms with Crippen molar-refractivity contribution in [1.82, 2.24) is 4.57 Å². The molecule has 2 aromatic rings. The van der Waals surface area contributed by atoms with Crippen LogP contribution in [0.3, 0.4) is 0 Å². The third-order valence-electron chi connectivity index (χ3n) is 3.05. The Bertz CT molecular complexity index is 689. The van der Waals surface area contributed by atoms with E-state index < -0.39 is 11.4 Å². The molecule has 0 spiro atoms. The van der Waals surface area contributed by atoms with E-state index in [1.54, 1.807) is 10.6 Å². The second-order valence-corrected chi connectivity index (χ2v) is 4.19. The van der Waals surface area contributed by atoms with E-state index >= 15 is 0 Å². The molecule has 0 atom stereocenters. The van der Waals surface area contributed by atoms with Gasteiger partial charge in [-0.1, -0.05) is 6.07 Å². The molecule has 5 heteroatoms. The lowest BCUT2D eigenvalue weighted by molar-refractivity contribution is 0.0695. The van der Waals surface area contributed by atoms with Crippen LogP contribution in [0.5, 0.6) is 0 Å². The first-order valence-corrected chi connectivity index (χ1v) is 6.23. The van der Waals surface area contributed by atoms with Crippen molar-refractivity contribution >= 4 is 22.6 Å². The number of hydrogen-bond donors (Lipinski definition) is 2. The van der Waals surface area contributed by atoms with Crippen LogP contribution < -0.4 is 10.7 Å². The second-order valence-electron chi connectivity index (χ2n) is 4.19. The number of nitrogens with zero attached hydrogens (tertiary/aromatic N) is 1. The van der Waals surface area contributed by atoms with Crippen molar-refractivity contribution in [2.24, 2.45) is 0 Å². The molecule has 0 bridgehead atoms. The van der Waals surface area contributed by atoms with E-state index in [1.807, 2.05) is 26.0 Å². The Morgan fingerprint density at radius 2 is 2.11 bits per heavy atom. The van der Waals surface area contributed by atoms with Crippen LogP contribution in [0.2, 0.25) is 0 Å². The summed E-state index contributed by atoms with van der Waals surface area (Å²) in [6, 6.07) is 5.47. The summed E-state index contributed by atoms with van der Waals surface area (Å²) in [5, 5.41) is 12.7. The Morgan fingerprint density at radius 1 is 1.37 bits per heavy atom. The molecule has 0 fully saturated rings. The summed E-state index contributed by atoms with van der Waals surface area (Å²) in [4.78, 5) is 23.5. The Kier molecular flexibility index (Phi) is 3.55. The molecule has 0 radical (unpaired) electrons. The normalized spacial score (nSPS) is 10.6. The first kappa shape index (κ1) is 13.1. The first-order valence-electron chi connectivity index (χ1n) is 6.23. The number of fused-ring (bicyclic) bond motifs is 1. The Labute approximate surface area is 110 Å². The molecular weight excluding hydrogens is 244 g/mol. The van der Waals surface area contributed by atoms with Crippen LogP contribution in [0.15, 0.2) is 29.2 Å². The van der Waals surface area contributed by atoms with Gasteiger partial charge in [-0.2, -0.15) is 0 Å². The highest BCUT2D eigenvalue weighted by molar-refractivity contribution is 5.97. The van der Waals surface area contributed by atoms with Gasteiger partial charge in [-0.15, -0.1) is 0 Å². The van der Waals surface area contributed by atoms with Crippen LogP contribution in [-0.4, -0.2) is 22.2 Å². The zero-order valence-electron chi connectivity index (χ0n) is 10.9. The molecule has 2 N–H and O–H groups in total. The standard InChI is InChI=1S/C14H16N2O3/c1-3-15-10-6-5-7-11-12(10)13(17)9(14(18)19)8-16(11)4-2/h5-8,15H,3-4H2,1-2H3,(H,18,19). The van der Waals surface area contributed by atoms with Crippen LogP contribution >= 0.6 is 0 Å². The fourth-order valence-electron chi connectivity index (χ4n) is 2.19. The Balaban J connectivity index is 2.92. The maximum Gasteiger partial charge on any atom is 0.341 e. The van der Waals surface area contributed by atoms with Crippen molar-refractivity contribution in [3.8, 4) is 0 Å². The number of hydrogen-bond acceptors (Lipinski definition) is 3. The van der Waals surface area contributed by atoms with Gasteiger partial charge in [-0.05, 0) is 26.0 Å². The van der Waals surface area contributed by atoms with Gasteiger partial charge in [0.25, 0.3) is 0 Å². The fraction of sp³-hybridized carbons (Fsp3) is 0.286. The van der Waals surface area contributed by atoms with Crippen molar-refractivity contribution in [3.05, 3.63) is 40.2 Å². The number of carboxylic acids is 1. The smallest absolute Gasteiger partial charge is 0.341 e. The van der Waals surface area contributed by atoms with Gasteiger partial charge in [-0.25, -0.2) is 4.79 Å². The number of aromatic nitrogens is 1. The maximum atomic E-state index is 12.3. The summed E-state index contributed by atoms with van der Waals surface area (Å²) in [5.41, 5.74) is 0.787. The van der Waals surface area contributed by atoms with E-state index in [2.05, 4.69) is 5.32 Å². The summed E-state index contributed by atoms with van der Waals surface area (Å²) < 4.78 is 1.78. The third kappa shape index (κ3) is 2.19. The zero-order chi connectivity index (χ0) is 14.0. The van der Waals surface area contributed by atoms with E-state index in [1.165, 1.54) is 6.20 Å². The lowest BCUT2D eigenvalue weighted by atomic mass is 10.1. The van der Waals surface area contributed by atoms with Crippen molar-refractivity contribution in [1.29, 1.82) is 0 Å². The molecule has 0 unspecified atom stereocenters. The van der Waals surface area contributed by atoms with Crippen LogP contribution in [0, 0.1) is 0 Å². The van der Waals surface area contributed by atoms with Gasteiger partial charge in [0, 0.05) is 25.0 Å². The summed E-state index contributed by atoms with van der Waals surface area (Å²) in [6.45, 7) is 5.11. The van der Waals surface area contributed by atoms with Gasteiger partial charge >= 0.3 is 5.97 Å². The van der Waals surface area contributed by atoms with Crippen LogP contribution in [0.4, 0.5) is 5.69 Å². The number of nitrogens with one attached hydrogen (secondary N) is 1. The van der Waals surface area contributed by atoms with E-state index in [0.29, 0.717) is 24.2 Å². The number of rotatable bonds is 4. The van der Waals surface area contributed by atoms with E-state index in [-0.39, 0.29) is 5.56 Å². The molecule has 19 heavy (non-hydrogen) atoms. The molecule has 100 valence electrons. The minimum atomic E-state index is -1.19. The minimum absolute atomic E-state index is 0.195. The van der Waals surface area contributed by atoms with Crippen molar-refractivity contribution in [3.63, 3.8) is 0 Å². The molecule has 0 aliphatic rings. The molecule has 1 aromatic carbocycles. The Morgan fingerprint density at radius 3 is 2.68 bits per heavy atom. The number of anilines is 1. The number of carboxylic acid groups (broad SMARTS) is 1. The highest BCUT2D eigenvalue weighted by Crippen LogP contribution is 2.21. The quantitative estimate of drug-likeness (QED) is 0.883. The lowest BCUT2D eigenvalue weighted by Crippen LogP contribution is -2.19. The number of aryl methyl sites for hydroxylation is 1. The average Bonchev–Trinajstić information content (AvgIpc) is 2.39. The predicted molar refractivity (Wildman–Crippen MR) is 75.0 cm³/mol. The Hall–Kier alpha value is -2.30. The summed E-state index contributed by atoms with van der Waals surface area (Å²) in [7, 11) is 0. The summed E-state index contributed by atoms with van der Waals surface area (Å²) >= 11 is 0. The molecule has 0 aliphatic carbocycles. The monoisotopic (exact) mass is 260 g/mol. The predicted octanol–water partition coefficient (Wildman–Crippen LogP) is 2.15. The molecule has 5 nitrogen and oxygen atoms in total. The molecule has 0 amide bonds. The largest absolute Gasteiger partial charge is 0.477 e. The summed E-state index contributed by atoms with van der Waals surface area (Å²) in [6.07, 6.45) is 1.41. The van der Waals surface area contributed by atoms with Crippen LogP contribution in [-0.2, 0) is 6.54 Å². The maximum absolute atomic E-state index is 12.3. The van der Waals surface area contributed by atoms with Crippen molar-refractivity contribution in [2.45, 2.75) is 20.4 Å². The number of pyridine rings is 1. The number of carbonyl (C=O) groups is 1.